The van der Waals surface area contributed by atoms with Crippen molar-refractivity contribution in [2.75, 3.05) is 13.1 Å². The van der Waals surface area contributed by atoms with Crippen molar-refractivity contribution in [3.63, 3.8) is 0 Å². The summed E-state index contributed by atoms with van der Waals surface area (Å²) in [5, 5.41) is 0. The predicted octanol–water partition coefficient (Wildman–Crippen LogP) is 2.73. The summed E-state index contributed by atoms with van der Waals surface area (Å²) in [4.78, 5) is 14.4. The van der Waals surface area contributed by atoms with Crippen molar-refractivity contribution >= 4 is 5.78 Å². The molecule has 0 radical (unpaired) electrons. The zero-order chi connectivity index (χ0) is 12.5. The van der Waals surface area contributed by atoms with Gasteiger partial charge in [0.1, 0.15) is 5.78 Å². The maximum Gasteiger partial charge on any atom is 0.143 e. The molecule has 1 saturated heterocycles. The Balaban J connectivity index is 2.06. The van der Waals surface area contributed by atoms with E-state index >= 15 is 0 Å². The fourth-order valence-electron chi connectivity index (χ4n) is 2.80. The third-order valence-electron chi connectivity index (χ3n) is 3.51. The molecule has 92 valence electrons. The Kier molecular flexibility index (Phi) is 3.34. The highest BCUT2D eigenvalue weighted by Gasteiger charge is 2.38. The van der Waals surface area contributed by atoms with Crippen LogP contribution in [-0.4, -0.2) is 23.8 Å². The molecule has 2 nitrogen and oxygen atoms in total. The van der Waals surface area contributed by atoms with Gasteiger partial charge >= 0.3 is 0 Å². The monoisotopic (exact) mass is 231 g/mol. The van der Waals surface area contributed by atoms with Crippen molar-refractivity contribution in [2.24, 2.45) is 11.3 Å². The fraction of sp³-hybridized carbons (Fsp3) is 0.533. The summed E-state index contributed by atoms with van der Waals surface area (Å²) < 4.78 is 0. The van der Waals surface area contributed by atoms with Crippen LogP contribution in [0.5, 0.6) is 0 Å². The van der Waals surface area contributed by atoms with Crippen LogP contribution in [0, 0.1) is 11.3 Å². The minimum Gasteiger partial charge on any atom is -0.299 e. The molecule has 0 aromatic heterocycles. The number of hydrogen-bond donors (Lipinski definition) is 0. The average molecular weight is 231 g/mol. The Morgan fingerprint density at radius 1 is 1.29 bits per heavy atom. The molecule has 1 atom stereocenters. The second-order valence-corrected chi connectivity index (χ2v) is 5.80. The highest BCUT2D eigenvalue weighted by Crippen LogP contribution is 2.29. The van der Waals surface area contributed by atoms with Gasteiger partial charge in [-0.1, -0.05) is 51.1 Å². The molecule has 0 N–H and O–H groups in total. The number of ketones is 1. The Morgan fingerprint density at radius 3 is 2.53 bits per heavy atom. The minimum atomic E-state index is -0.202. The molecule has 1 heterocycles. The number of Topliss-reactive ketones (excluding diaryl/α,β-unsaturated/α-hetero) is 1. The molecule has 1 aliphatic rings. The standard InChI is InChI=1S/C15H21NO/c1-12-9-16(11-15(2,3)14(12)17)10-13-7-5-4-6-8-13/h4-8,12H,9-11H2,1-3H3. The van der Waals surface area contributed by atoms with Crippen molar-refractivity contribution in [1.82, 2.24) is 4.90 Å². The Morgan fingerprint density at radius 2 is 1.94 bits per heavy atom. The van der Waals surface area contributed by atoms with E-state index in [1.807, 2.05) is 13.0 Å². The Labute approximate surface area is 104 Å². The van der Waals surface area contributed by atoms with Crippen LogP contribution in [0.4, 0.5) is 0 Å². The molecule has 17 heavy (non-hydrogen) atoms. The van der Waals surface area contributed by atoms with Gasteiger partial charge in [0.25, 0.3) is 0 Å². The largest absolute Gasteiger partial charge is 0.299 e. The van der Waals surface area contributed by atoms with E-state index in [9.17, 15) is 4.79 Å². The molecule has 1 aliphatic heterocycles. The maximum absolute atomic E-state index is 12.0. The molecule has 0 aliphatic carbocycles. The second-order valence-electron chi connectivity index (χ2n) is 5.80. The number of carbonyl (C=O) groups is 1. The van der Waals surface area contributed by atoms with Crippen LogP contribution in [0.15, 0.2) is 30.3 Å². The first-order valence-corrected chi connectivity index (χ1v) is 6.29. The summed E-state index contributed by atoms with van der Waals surface area (Å²) in [7, 11) is 0. The van der Waals surface area contributed by atoms with Crippen molar-refractivity contribution < 1.29 is 4.79 Å². The third-order valence-corrected chi connectivity index (χ3v) is 3.51. The lowest BCUT2D eigenvalue weighted by Gasteiger charge is -2.40. The molecule has 0 amide bonds. The quantitative estimate of drug-likeness (QED) is 0.780. The van der Waals surface area contributed by atoms with E-state index in [0.29, 0.717) is 5.78 Å². The van der Waals surface area contributed by atoms with Crippen molar-refractivity contribution in [1.29, 1.82) is 0 Å². The first-order chi connectivity index (χ1) is 7.99. The van der Waals surface area contributed by atoms with Gasteiger partial charge in [-0.15, -0.1) is 0 Å². The number of piperidine rings is 1. The van der Waals surface area contributed by atoms with Crippen LogP contribution >= 0.6 is 0 Å². The van der Waals surface area contributed by atoms with E-state index < -0.39 is 0 Å². The lowest BCUT2D eigenvalue weighted by Crippen LogP contribution is -2.50. The summed E-state index contributed by atoms with van der Waals surface area (Å²) in [5.74, 6) is 0.560. The molecular formula is C15H21NO. The third kappa shape index (κ3) is 2.75. The molecule has 1 aromatic rings. The van der Waals surface area contributed by atoms with Gasteiger partial charge in [0.2, 0.25) is 0 Å². The van der Waals surface area contributed by atoms with Gasteiger partial charge < -0.3 is 0 Å². The van der Waals surface area contributed by atoms with Crippen LogP contribution < -0.4 is 0 Å². The van der Waals surface area contributed by atoms with Gasteiger partial charge in [0.05, 0.1) is 0 Å². The predicted molar refractivity (Wildman–Crippen MR) is 69.7 cm³/mol. The number of carbonyl (C=O) groups excluding carboxylic acids is 1. The van der Waals surface area contributed by atoms with Gasteiger partial charge in [-0.25, -0.2) is 0 Å². The normalized spacial score (nSPS) is 24.9. The fourth-order valence-corrected chi connectivity index (χ4v) is 2.80. The lowest BCUT2D eigenvalue weighted by atomic mass is 9.78. The molecule has 1 unspecified atom stereocenters. The molecular weight excluding hydrogens is 210 g/mol. The Bertz CT molecular complexity index is 397. The van der Waals surface area contributed by atoms with Crippen LogP contribution in [0.1, 0.15) is 26.3 Å². The number of benzene rings is 1. The average Bonchev–Trinajstić information content (AvgIpc) is 2.27. The molecule has 0 bridgehead atoms. The SMILES string of the molecule is CC1CN(Cc2ccccc2)CC(C)(C)C1=O. The van der Waals surface area contributed by atoms with E-state index in [4.69, 9.17) is 0 Å². The summed E-state index contributed by atoms with van der Waals surface area (Å²) in [6.45, 7) is 8.86. The number of hydrogen-bond acceptors (Lipinski definition) is 2. The highest BCUT2D eigenvalue weighted by atomic mass is 16.1. The van der Waals surface area contributed by atoms with E-state index in [-0.39, 0.29) is 11.3 Å². The molecule has 1 fully saturated rings. The van der Waals surface area contributed by atoms with E-state index in [0.717, 1.165) is 19.6 Å². The summed E-state index contributed by atoms with van der Waals surface area (Å²) in [6, 6.07) is 10.5. The number of likely N-dealkylation sites (tertiary alicyclic amines) is 1. The van der Waals surface area contributed by atoms with Crippen LogP contribution in [0.2, 0.25) is 0 Å². The van der Waals surface area contributed by atoms with Gasteiger partial charge in [0.15, 0.2) is 0 Å². The van der Waals surface area contributed by atoms with Gasteiger partial charge in [-0.3, -0.25) is 9.69 Å². The van der Waals surface area contributed by atoms with Crippen LogP contribution in [0.25, 0.3) is 0 Å². The second kappa shape index (κ2) is 4.61. The Hall–Kier alpha value is -1.15. The lowest BCUT2D eigenvalue weighted by molar-refractivity contribution is -0.136. The van der Waals surface area contributed by atoms with E-state index in [2.05, 4.69) is 43.0 Å². The van der Waals surface area contributed by atoms with Crippen molar-refractivity contribution in [2.45, 2.75) is 27.3 Å². The smallest absolute Gasteiger partial charge is 0.143 e. The molecule has 2 heteroatoms. The summed E-state index contributed by atoms with van der Waals surface area (Å²) >= 11 is 0. The summed E-state index contributed by atoms with van der Waals surface area (Å²) in [6.07, 6.45) is 0. The van der Waals surface area contributed by atoms with Gasteiger partial charge in [0, 0.05) is 31.0 Å². The first kappa shape index (κ1) is 12.3. The first-order valence-electron chi connectivity index (χ1n) is 6.29. The number of rotatable bonds is 2. The summed E-state index contributed by atoms with van der Waals surface area (Å²) in [5.41, 5.74) is 1.12. The van der Waals surface area contributed by atoms with E-state index in [1.54, 1.807) is 0 Å². The van der Waals surface area contributed by atoms with Crippen LogP contribution in [0.3, 0.4) is 0 Å². The minimum absolute atomic E-state index is 0.155. The van der Waals surface area contributed by atoms with Gasteiger partial charge in [-0.2, -0.15) is 0 Å². The highest BCUT2D eigenvalue weighted by molar-refractivity contribution is 5.87. The zero-order valence-corrected chi connectivity index (χ0v) is 10.9. The molecule has 1 aromatic carbocycles. The molecule has 0 saturated carbocycles. The zero-order valence-electron chi connectivity index (χ0n) is 10.9. The van der Waals surface area contributed by atoms with Gasteiger partial charge in [-0.05, 0) is 5.56 Å². The topological polar surface area (TPSA) is 20.3 Å². The molecule has 0 spiro atoms. The number of nitrogens with zero attached hydrogens (tertiary/aromatic N) is 1. The van der Waals surface area contributed by atoms with Crippen molar-refractivity contribution in [3.8, 4) is 0 Å². The maximum atomic E-state index is 12.0. The van der Waals surface area contributed by atoms with E-state index in [1.165, 1.54) is 5.56 Å². The van der Waals surface area contributed by atoms with Crippen molar-refractivity contribution in [3.05, 3.63) is 35.9 Å². The molecule has 2 rings (SSSR count). The van der Waals surface area contributed by atoms with Crippen LogP contribution in [-0.2, 0) is 11.3 Å².